The summed E-state index contributed by atoms with van der Waals surface area (Å²) >= 11 is 5.71. The zero-order valence-corrected chi connectivity index (χ0v) is 7.82. The van der Waals surface area contributed by atoms with Gasteiger partial charge >= 0.3 is 5.97 Å². The summed E-state index contributed by atoms with van der Waals surface area (Å²) in [4.78, 5) is 14.3. The summed E-state index contributed by atoms with van der Waals surface area (Å²) in [5.41, 5.74) is 5.59. The maximum absolute atomic E-state index is 10.4. The average Bonchev–Trinajstić information content (AvgIpc) is 2.31. The largest absolute Gasteiger partial charge is 0.481 e. The smallest absolute Gasteiger partial charge is 0.305 e. The molecule has 0 unspecified atom stereocenters. The zero-order chi connectivity index (χ0) is 10.0. The van der Waals surface area contributed by atoms with E-state index in [-0.39, 0.29) is 6.42 Å². The van der Waals surface area contributed by atoms with Crippen LogP contribution in [0.1, 0.15) is 18.3 Å². The summed E-state index contributed by atoms with van der Waals surface area (Å²) in [6, 6.07) is -0.616. The van der Waals surface area contributed by atoms with Gasteiger partial charge < -0.3 is 15.4 Å². The Labute approximate surface area is 80.1 Å². The molecule has 0 aromatic carbocycles. The quantitative estimate of drug-likeness (QED) is 0.752. The highest BCUT2D eigenvalue weighted by atomic mass is 35.5. The molecule has 1 heterocycles. The van der Waals surface area contributed by atoms with Crippen molar-refractivity contribution in [1.29, 1.82) is 0 Å². The molecule has 1 aromatic heterocycles. The van der Waals surface area contributed by atoms with Crippen molar-refractivity contribution in [3.8, 4) is 0 Å². The van der Waals surface area contributed by atoms with Gasteiger partial charge in [-0.2, -0.15) is 0 Å². The van der Waals surface area contributed by atoms with Crippen LogP contribution < -0.4 is 5.73 Å². The number of halogens is 1. The summed E-state index contributed by atoms with van der Waals surface area (Å²) in [5.74, 6) is -0.473. The van der Waals surface area contributed by atoms with Gasteiger partial charge in [-0.3, -0.25) is 4.79 Å². The molecule has 0 fully saturated rings. The van der Waals surface area contributed by atoms with Crippen LogP contribution in [-0.4, -0.2) is 20.6 Å². The Kier molecular flexibility index (Phi) is 2.90. The van der Waals surface area contributed by atoms with Crippen molar-refractivity contribution in [3.05, 3.63) is 17.2 Å². The molecule has 0 bridgehead atoms. The van der Waals surface area contributed by atoms with Gasteiger partial charge in [-0.05, 0) is 0 Å². The van der Waals surface area contributed by atoms with Crippen molar-refractivity contribution in [3.63, 3.8) is 0 Å². The number of hydrogen-bond acceptors (Lipinski definition) is 3. The van der Waals surface area contributed by atoms with E-state index in [2.05, 4.69) is 4.98 Å². The van der Waals surface area contributed by atoms with Gasteiger partial charge in [0, 0.05) is 7.05 Å². The van der Waals surface area contributed by atoms with Crippen LogP contribution in [0, 0.1) is 0 Å². The maximum Gasteiger partial charge on any atom is 0.305 e. The van der Waals surface area contributed by atoms with Gasteiger partial charge in [0.25, 0.3) is 0 Å². The van der Waals surface area contributed by atoms with Crippen molar-refractivity contribution >= 4 is 17.6 Å². The lowest BCUT2D eigenvalue weighted by molar-refractivity contribution is -0.137. The van der Waals surface area contributed by atoms with Gasteiger partial charge in [-0.25, -0.2) is 4.98 Å². The fourth-order valence-electron chi connectivity index (χ4n) is 1.03. The Balaban J connectivity index is 2.82. The molecular formula is C7H10ClN3O2. The fraction of sp³-hybridized carbons (Fsp3) is 0.429. The average molecular weight is 204 g/mol. The Morgan fingerprint density at radius 1 is 1.92 bits per heavy atom. The predicted octanol–water partition coefficient (Wildman–Crippen LogP) is 0.548. The first kappa shape index (κ1) is 10.0. The van der Waals surface area contributed by atoms with Crippen LogP contribution in [0.3, 0.4) is 0 Å². The van der Waals surface area contributed by atoms with Crippen molar-refractivity contribution in [2.45, 2.75) is 12.5 Å². The minimum atomic E-state index is -0.952. The highest BCUT2D eigenvalue weighted by Gasteiger charge is 2.16. The van der Waals surface area contributed by atoms with Crippen molar-refractivity contribution < 1.29 is 9.90 Å². The highest BCUT2D eigenvalue weighted by molar-refractivity contribution is 6.29. The Morgan fingerprint density at radius 2 is 2.54 bits per heavy atom. The molecule has 3 N–H and O–H groups in total. The van der Waals surface area contributed by atoms with Gasteiger partial charge in [0.05, 0.1) is 18.7 Å². The first-order valence-corrected chi connectivity index (χ1v) is 4.04. The molecule has 13 heavy (non-hydrogen) atoms. The van der Waals surface area contributed by atoms with E-state index < -0.39 is 12.0 Å². The molecule has 0 aliphatic rings. The van der Waals surface area contributed by atoms with Crippen LogP contribution in [0.5, 0.6) is 0 Å². The topological polar surface area (TPSA) is 81.1 Å². The first-order chi connectivity index (χ1) is 6.02. The number of imidazole rings is 1. The molecule has 72 valence electrons. The molecule has 1 rings (SSSR count). The normalized spacial score (nSPS) is 12.8. The fourth-order valence-corrected chi connectivity index (χ4v) is 1.16. The second-order valence-electron chi connectivity index (χ2n) is 2.70. The number of carboxylic acids is 1. The lowest BCUT2D eigenvalue weighted by atomic mass is 10.2. The van der Waals surface area contributed by atoms with Gasteiger partial charge in [0.15, 0.2) is 0 Å². The SMILES string of the molecule is Cn1c(Cl)cnc1[C@@H](N)CC(=O)O. The molecule has 0 aliphatic carbocycles. The van der Waals surface area contributed by atoms with E-state index in [1.54, 1.807) is 11.6 Å². The van der Waals surface area contributed by atoms with Crippen molar-refractivity contribution in [2.75, 3.05) is 0 Å². The molecular weight excluding hydrogens is 194 g/mol. The second-order valence-corrected chi connectivity index (χ2v) is 3.09. The summed E-state index contributed by atoms with van der Waals surface area (Å²) in [6.45, 7) is 0. The summed E-state index contributed by atoms with van der Waals surface area (Å²) in [7, 11) is 1.69. The van der Waals surface area contributed by atoms with Gasteiger partial charge in [-0.15, -0.1) is 0 Å². The number of nitrogens with two attached hydrogens (primary N) is 1. The van der Waals surface area contributed by atoms with Crippen LogP contribution >= 0.6 is 11.6 Å². The van der Waals surface area contributed by atoms with Crippen LogP contribution in [0.25, 0.3) is 0 Å². The van der Waals surface area contributed by atoms with Crippen molar-refractivity contribution in [1.82, 2.24) is 9.55 Å². The van der Waals surface area contributed by atoms with Crippen molar-refractivity contribution in [2.24, 2.45) is 12.8 Å². The van der Waals surface area contributed by atoms with Gasteiger partial charge in [0.1, 0.15) is 11.0 Å². The third-order valence-corrected chi connectivity index (χ3v) is 2.04. The Bertz CT molecular complexity index is 324. The summed E-state index contributed by atoms with van der Waals surface area (Å²) < 4.78 is 1.56. The first-order valence-electron chi connectivity index (χ1n) is 3.67. The van der Waals surface area contributed by atoms with Crippen LogP contribution in [0.15, 0.2) is 6.20 Å². The molecule has 0 saturated carbocycles. The van der Waals surface area contributed by atoms with Gasteiger partial charge in [-0.1, -0.05) is 11.6 Å². The van der Waals surface area contributed by atoms with Crippen LogP contribution in [0.4, 0.5) is 0 Å². The minimum absolute atomic E-state index is 0.152. The van der Waals surface area contributed by atoms with Crippen LogP contribution in [-0.2, 0) is 11.8 Å². The number of rotatable bonds is 3. The maximum atomic E-state index is 10.4. The van der Waals surface area contributed by atoms with E-state index in [1.807, 2.05) is 0 Å². The number of nitrogens with zero attached hydrogens (tertiary/aromatic N) is 2. The summed E-state index contributed by atoms with van der Waals surface area (Å²) in [5, 5.41) is 8.93. The van der Waals surface area contributed by atoms with E-state index in [0.29, 0.717) is 11.0 Å². The molecule has 0 aliphatic heterocycles. The molecule has 0 radical (unpaired) electrons. The minimum Gasteiger partial charge on any atom is -0.481 e. The highest BCUT2D eigenvalue weighted by Crippen LogP contribution is 2.16. The third kappa shape index (κ3) is 2.19. The van der Waals surface area contributed by atoms with E-state index in [1.165, 1.54) is 6.20 Å². The number of aromatic nitrogens is 2. The molecule has 6 heteroatoms. The zero-order valence-electron chi connectivity index (χ0n) is 7.07. The Hall–Kier alpha value is -1.07. The van der Waals surface area contributed by atoms with Gasteiger partial charge in [0.2, 0.25) is 0 Å². The van der Waals surface area contributed by atoms with E-state index in [9.17, 15) is 4.79 Å². The predicted molar refractivity (Wildman–Crippen MR) is 47.4 cm³/mol. The molecule has 1 aromatic rings. The molecule has 0 amide bonds. The molecule has 1 atom stereocenters. The summed E-state index contributed by atoms with van der Waals surface area (Å²) in [6.07, 6.45) is 1.29. The number of carbonyl (C=O) groups is 1. The third-order valence-electron chi connectivity index (χ3n) is 1.69. The second kappa shape index (κ2) is 3.76. The van der Waals surface area contributed by atoms with E-state index in [0.717, 1.165) is 0 Å². The lowest BCUT2D eigenvalue weighted by Gasteiger charge is -2.08. The Morgan fingerprint density at radius 3 is 2.92 bits per heavy atom. The number of aliphatic carboxylic acids is 1. The number of carboxylic acid groups (broad SMARTS) is 1. The van der Waals surface area contributed by atoms with Crippen LogP contribution in [0.2, 0.25) is 5.15 Å². The monoisotopic (exact) mass is 203 g/mol. The number of hydrogen-bond donors (Lipinski definition) is 2. The molecule has 0 spiro atoms. The molecule has 0 saturated heterocycles. The standard InChI is InChI=1S/C7H10ClN3O2/c1-11-5(8)3-10-7(11)4(9)2-6(12)13/h3-4H,2,9H2,1H3,(H,12,13)/t4-/m0/s1. The lowest BCUT2D eigenvalue weighted by Crippen LogP contribution is -2.18. The van der Waals surface area contributed by atoms with E-state index >= 15 is 0 Å². The molecule has 5 nitrogen and oxygen atoms in total. The van der Waals surface area contributed by atoms with E-state index in [4.69, 9.17) is 22.4 Å².